The fraction of sp³-hybridized carbons (Fsp3) is 0.292. The Kier molecular flexibility index (Phi) is 4.21. The molecule has 0 atom stereocenters. The highest BCUT2D eigenvalue weighted by atomic mass is 16.3. The Morgan fingerprint density at radius 1 is 0.931 bits per heavy atom. The molecular formula is C24H25N3O2. The van der Waals surface area contributed by atoms with Gasteiger partial charge in [-0.05, 0) is 47.1 Å². The van der Waals surface area contributed by atoms with Crippen LogP contribution in [-0.4, -0.2) is 57.6 Å². The molecule has 148 valence electrons. The van der Waals surface area contributed by atoms with Gasteiger partial charge in [-0.15, -0.1) is 0 Å². The number of hydrogen-bond donors (Lipinski definition) is 2. The molecule has 2 aromatic carbocycles. The van der Waals surface area contributed by atoms with E-state index < -0.39 is 5.60 Å². The van der Waals surface area contributed by atoms with E-state index in [1.165, 1.54) is 16.5 Å². The van der Waals surface area contributed by atoms with Gasteiger partial charge in [-0.2, -0.15) is 0 Å². The lowest BCUT2D eigenvalue weighted by atomic mass is 10.0. The fourth-order valence-electron chi connectivity index (χ4n) is 4.07. The van der Waals surface area contributed by atoms with Crippen LogP contribution in [0.5, 0.6) is 0 Å². The van der Waals surface area contributed by atoms with Crippen molar-refractivity contribution in [1.82, 2.24) is 14.8 Å². The first-order valence-corrected chi connectivity index (χ1v) is 10.2. The number of hydrogen-bond acceptors (Lipinski definition) is 3. The molecule has 3 aromatic rings. The van der Waals surface area contributed by atoms with Crippen LogP contribution in [-0.2, 0) is 4.79 Å². The smallest absolute Gasteiger partial charge is 0.254 e. The zero-order chi connectivity index (χ0) is 20.0. The highest BCUT2D eigenvalue weighted by Gasteiger charge is 2.50. The summed E-state index contributed by atoms with van der Waals surface area (Å²) in [5.74, 6) is -0.105. The molecule has 1 saturated heterocycles. The van der Waals surface area contributed by atoms with Gasteiger partial charge in [0.2, 0.25) is 0 Å². The molecule has 0 radical (unpaired) electrons. The zero-order valence-corrected chi connectivity index (χ0v) is 16.4. The number of aromatic amines is 1. The Labute approximate surface area is 170 Å². The lowest BCUT2D eigenvalue weighted by Gasteiger charge is -2.38. The molecule has 1 saturated carbocycles. The average Bonchev–Trinajstić information content (AvgIpc) is 3.34. The molecule has 1 aliphatic heterocycles. The minimum atomic E-state index is -1.07. The molecule has 0 spiro atoms. The number of H-pyrrole nitrogens is 1. The van der Waals surface area contributed by atoms with Crippen molar-refractivity contribution in [2.24, 2.45) is 0 Å². The topological polar surface area (TPSA) is 59.6 Å². The van der Waals surface area contributed by atoms with Gasteiger partial charge in [0.1, 0.15) is 5.60 Å². The standard InChI is InChI=1S/C24H25N3O2/c1-17(26-12-14-27(15-13-26)23(28)24(29)9-10-24)18-2-4-19(5-3-18)21-7-6-20-8-11-25-22(20)16-21/h2-8,11,16,25,29H,1,9-10,12-15H2. The predicted octanol–water partition coefficient (Wildman–Crippen LogP) is 3.47. The van der Waals surface area contributed by atoms with Crippen molar-refractivity contribution in [1.29, 1.82) is 0 Å². The Morgan fingerprint density at radius 3 is 2.28 bits per heavy atom. The van der Waals surface area contributed by atoms with E-state index in [-0.39, 0.29) is 5.91 Å². The molecule has 2 fully saturated rings. The average molecular weight is 387 g/mol. The largest absolute Gasteiger partial charge is 0.380 e. The number of carbonyl (C=O) groups is 1. The van der Waals surface area contributed by atoms with Crippen molar-refractivity contribution in [3.05, 3.63) is 66.9 Å². The van der Waals surface area contributed by atoms with Crippen LogP contribution in [0.25, 0.3) is 27.7 Å². The van der Waals surface area contributed by atoms with Crippen molar-refractivity contribution >= 4 is 22.5 Å². The number of nitrogens with one attached hydrogen (secondary N) is 1. The maximum Gasteiger partial charge on any atom is 0.254 e. The summed E-state index contributed by atoms with van der Waals surface area (Å²) in [5.41, 5.74) is 4.49. The van der Waals surface area contributed by atoms with Crippen LogP contribution >= 0.6 is 0 Å². The Bertz CT molecular complexity index is 1070. The van der Waals surface area contributed by atoms with Crippen LogP contribution in [0.4, 0.5) is 0 Å². The third-order valence-electron chi connectivity index (χ3n) is 6.18. The summed E-state index contributed by atoms with van der Waals surface area (Å²) in [5, 5.41) is 11.3. The van der Waals surface area contributed by atoms with E-state index in [4.69, 9.17) is 0 Å². The fourth-order valence-corrected chi connectivity index (χ4v) is 4.07. The van der Waals surface area contributed by atoms with Gasteiger partial charge in [0, 0.05) is 43.6 Å². The third-order valence-corrected chi connectivity index (χ3v) is 6.18. The SMILES string of the molecule is C=C(c1ccc(-c2ccc3cc[nH]c3c2)cc1)N1CCN(C(=O)C2(O)CC2)CC1. The van der Waals surface area contributed by atoms with E-state index in [1.54, 1.807) is 4.90 Å². The van der Waals surface area contributed by atoms with E-state index >= 15 is 0 Å². The number of aromatic nitrogens is 1. The first-order valence-electron chi connectivity index (χ1n) is 10.2. The van der Waals surface area contributed by atoms with Gasteiger partial charge < -0.3 is 19.9 Å². The summed E-state index contributed by atoms with van der Waals surface area (Å²) < 4.78 is 0. The van der Waals surface area contributed by atoms with Crippen LogP contribution in [0, 0.1) is 0 Å². The van der Waals surface area contributed by atoms with Gasteiger partial charge >= 0.3 is 0 Å². The quantitative estimate of drug-likeness (QED) is 0.721. The molecule has 5 rings (SSSR count). The monoisotopic (exact) mass is 387 g/mol. The van der Waals surface area contributed by atoms with Crippen LogP contribution < -0.4 is 0 Å². The van der Waals surface area contributed by atoms with Crippen LogP contribution in [0.1, 0.15) is 18.4 Å². The first kappa shape index (κ1) is 18.0. The Hall–Kier alpha value is -3.05. The second-order valence-electron chi connectivity index (χ2n) is 8.11. The summed E-state index contributed by atoms with van der Waals surface area (Å²) in [6.07, 6.45) is 3.16. The minimum Gasteiger partial charge on any atom is -0.380 e. The number of rotatable bonds is 4. The van der Waals surface area contributed by atoms with E-state index in [1.807, 2.05) is 6.20 Å². The minimum absolute atomic E-state index is 0.105. The summed E-state index contributed by atoms with van der Waals surface area (Å²) in [6.45, 7) is 7.03. The summed E-state index contributed by atoms with van der Waals surface area (Å²) in [7, 11) is 0. The molecule has 0 unspecified atom stereocenters. The molecule has 2 N–H and O–H groups in total. The van der Waals surface area contributed by atoms with Crippen molar-refractivity contribution < 1.29 is 9.90 Å². The van der Waals surface area contributed by atoms with Crippen molar-refractivity contribution in [3.63, 3.8) is 0 Å². The number of amides is 1. The third kappa shape index (κ3) is 3.32. The number of nitrogens with zero attached hydrogens (tertiary/aromatic N) is 2. The molecule has 5 nitrogen and oxygen atoms in total. The summed E-state index contributed by atoms with van der Waals surface area (Å²) in [4.78, 5) is 19.6. The molecule has 1 aromatic heterocycles. The first-order chi connectivity index (χ1) is 14.0. The van der Waals surface area contributed by atoms with Gasteiger partial charge in [0.05, 0.1) is 0 Å². The van der Waals surface area contributed by atoms with Gasteiger partial charge in [-0.1, -0.05) is 43.0 Å². The molecular weight excluding hydrogens is 362 g/mol. The van der Waals surface area contributed by atoms with Crippen molar-refractivity contribution in [2.75, 3.05) is 26.2 Å². The second-order valence-corrected chi connectivity index (χ2v) is 8.11. The van der Waals surface area contributed by atoms with E-state index in [0.717, 1.165) is 29.9 Å². The van der Waals surface area contributed by atoms with Gasteiger partial charge in [0.25, 0.3) is 5.91 Å². The van der Waals surface area contributed by atoms with E-state index in [9.17, 15) is 9.90 Å². The normalized spacial score (nSPS) is 18.1. The zero-order valence-electron chi connectivity index (χ0n) is 16.4. The molecule has 2 heterocycles. The summed E-state index contributed by atoms with van der Waals surface area (Å²) >= 11 is 0. The lowest BCUT2D eigenvalue weighted by molar-refractivity contribution is -0.143. The van der Waals surface area contributed by atoms with Crippen LogP contribution in [0.15, 0.2) is 61.3 Å². The molecule has 29 heavy (non-hydrogen) atoms. The maximum absolute atomic E-state index is 12.3. The predicted molar refractivity (Wildman–Crippen MR) is 115 cm³/mol. The Morgan fingerprint density at radius 2 is 1.59 bits per heavy atom. The highest BCUT2D eigenvalue weighted by molar-refractivity contribution is 5.88. The molecule has 1 amide bonds. The number of fused-ring (bicyclic) bond motifs is 1. The summed E-state index contributed by atoms with van der Waals surface area (Å²) in [6, 6.07) is 17.0. The van der Waals surface area contributed by atoms with Crippen LogP contribution in [0.2, 0.25) is 0 Å². The van der Waals surface area contributed by atoms with Gasteiger partial charge in [0.15, 0.2) is 0 Å². The number of benzene rings is 2. The second kappa shape index (κ2) is 6.78. The maximum atomic E-state index is 12.3. The van der Waals surface area contributed by atoms with Crippen LogP contribution in [0.3, 0.4) is 0 Å². The van der Waals surface area contributed by atoms with Crippen molar-refractivity contribution in [3.8, 4) is 11.1 Å². The van der Waals surface area contributed by atoms with Gasteiger partial charge in [-0.25, -0.2) is 0 Å². The molecule has 0 bridgehead atoms. The van der Waals surface area contributed by atoms with E-state index in [2.05, 4.69) is 65.0 Å². The number of piperazine rings is 1. The lowest BCUT2D eigenvalue weighted by Crippen LogP contribution is -2.51. The van der Waals surface area contributed by atoms with Crippen molar-refractivity contribution in [2.45, 2.75) is 18.4 Å². The van der Waals surface area contributed by atoms with E-state index in [0.29, 0.717) is 25.9 Å². The molecule has 1 aliphatic carbocycles. The highest BCUT2D eigenvalue weighted by Crippen LogP contribution is 2.37. The van der Waals surface area contributed by atoms with Gasteiger partial charge in [-0.3, -0.25) is 4.79 Å². The molecule has 5 heteroatoms. The Balaban J connectivity index is 1.25. The number of aliphatic hydroxyl groups is 1. The number of carbonyl (C=O) groups excluding carboxylic acids is 1. The molecule has 2 aliphatic rings.